The molecule has 5 nitrogen and oxygen atoms in total. The van der Waals surface area contributed by atoms with Gasteiger partial charge in [-0.25, -0.2) is 4.98 Å². The highest BCUT2D eigenvalue weighted by atomic mass is 16.5. The molecule has 0 radical (unpaired) electrons. The Morgan fingerprint density at radius 1 is 1.23 bits per heavy atom. The third-order valence-electron chi connectivity index (χ3n) is 3.89. The minimum absolute atomic E-state index is 0.0289. The Balaban J connectivity index is 2.21. The van der Waals surface area contributed by atoms with Crippen molar-refractivity contribution in [1.82, 2.24) is 9.55 Å². The van der Waals surface area contributed by atoms with Gasteiger partial charge in [-0.1, -0.05) is 18.7 Å². The summed E-state index contributed by atoms with van der Waals surface area (Å²) in [5.74, 6) is 1.15. The summed E-state index contributed by atoms with van der Waals surface area (Å²) in [6, 6.07) is 12.8. The normalized spacial score (nSPS) is 10.9. The van der Waals surface area contributed by atoms with Crippen LogP contribution in [0.2, 0.25) is 0 Å². The van der Waals surface area contributed by atoms with Crippen LogP contribution in [0, 0.1) is 0 Å². The quantitative estimate of drug-likeness (QED) is 0.626. The minimum Gasteiger partial charge on any atom is -0.494 e. The van der Waals surface area contributed by atoms with Gasteiger partial charge in [0.05, 0.1) is 29.3 Å². The zero-order chi connectivity index (χ0) is 18.7. The zero-order valence-corrected chi connectivity index (χ0v) is 15.2. The number of aromatic nitrogens is 2. The van der Waals surface area contributed by atoms with Crippen molar-refractivity contribution in [3.05, 3.63) is 71.3 Å². The molecule has 134 valence electrons. The maximum Gasteiger partial charge on any atom is 0.265 e. The van der Waals surface area contributed by atoms with Gasteiger partial charge in [-0.15, -0.1) is 0 Å². The fourth-order valence-electron chi connectivity index (χ4n) is 2.73. The third-order valence-corrected chi connectivity index (χ3v) is 3.89. The molecule has 0 aliphatic heterocycles. The molecule has 0 unspecified atom stereocenters. The molecule has 3 rings (SSSR count). The predicted molar refractivity (Wildman–Crippen MR) is 104 cm³/mol. The summed E-state index contributed by atoms with van der Waals surface area (Å²) in [6.45, 7) is 10.3. The smallest absolute Gasteiger partial charge is 0.265 e. The highest BCUT2D eigenvalue weighted by molar-refractivity contribution is 5.77. The molecule has 0 aliphatic carbocycles. The Morgan fingerprint density at radius 3 is 2.73 bits per heavy atom. The van der Waals surface area contributed by atoms with Crippen LogP contribution < -0.4 is 10.3 Å². The van der Waals surface area contributed by atoms with Crippen molar-refractivity contribution in [3.63, 3.8) is 0 Å². The van der Waals surface area contributed by atoms with Crippen LogP contribution in [0.3, 0.4) is 0 Å². The summed E-state index contributed by atoms with van der Waals surface area (Å²) in [7, 11) is 0. The van der Waals surface area contributed by atoms with E-state index in [0.29, 0.717) is 34.7 Å². The van der Waals surface area contributed by atoms with E-state index in [4.69, 9.17) is 9.47 Å². The van der Waals surface area contributed by atoms with Crippen molar-refractivity contribution in [2.45, 2.75) is 26.9 Å². The number of hydrogen-bond acceptors (Lipinski definition) is 4. The van der Waals surface area contributed by atoms with Gasteiger partial charge in [0.25, 0.3) is 5.56 Å². The average Bonchev–Trinajstić information content (AvgIpc) is 2.62. The van der Waals surface area contributed by atoms with E-state index in [2.05, 4.69) is 11.6 Å². The zero-order valence-electron chi connectivity index (χ0n) is 15.2. The highest BCUT2D eigenvalue weighted by Crippen LogP contribution is 2.27. The maximum absolute atomic E-state index is 13.0. The topological polar surface area (TPSA) is 53.4 Å². The van der Waals surface area contributed by atoms with Gasteiger partial charge in [-0.3, -0.25) is 9.36 Å². The van der Waals surface area contributed by atoms with E-state index in [0.717, 1.165) is 5.56 Å². The molecule has 0 spiro atoms. The van der Waals surface area contributed by atoms with Gasteiger partial charge in [-0.2, -0.15) is 0 Å². The second-order valence-electron chi connectivity index (χ2n) is 6.14. The summed E-state index contributed by atoms with van der Waals surface area (Å²) in [5, 5.41) is 0.555. The molecule has 1 aromatic heterocycles. The van der Waals surface area contributed by atoms with E-state index in [-0.39, 0.29) is 11.7 Å². The van der Waals surface area contributed by atoms with E-state index < -0.39 is 0 Å². The lowest BCUT2D eigenvalue weighted by Gasteiger charge is -2.17. The maximum atomic E-state index is 13.0. The molecule has 0 saturated carbocycles. The van der Waals surface area contributed by atoms with E-state index in [1.165, 1.54) is 10.9 Å². The van der Waals surface area contributed by atoms with E-state index >= 15 is 0 Å². The molecule has 0 atom stereocenters. The summed E-state index contributed by atoms with van der Waals surface area (Å²) >= 11 is 0. The van der Waals surface area contributed by atoms with Crippen molar-refractivity contribution in [3.8, 4) is 11.4 Å². The number of nitrogens with zero attached hydrogens (tertiary/aromatic N) is 2. The van der Waals surface area contributed by atoms with Crippen LogP contribution in [0.5, 0.6) is 5.75 Å². The van der Waals surface area contributed by atoms with E-state index in [1.54, 1.807) is 6.07 Å². The SMILES string of the molecule is C=C(OCC)c1ccc(OC(C)C)c(-n2cnc3ccccc3c2=O)c1. The molecule has 3 aromatic rings. The molecule has 0 saturated heterocycles. The van der Waals surface area contributed by atoms with E-state index in [9.17, 15) is 4.79 Å². The first kappa shape index (κ1) is 17.7. The van der Waals surface area contributed by atoms with Crippen LogP contribution >= 0.6 is 0 Å². The van der Waals surface area contributed by atoms with Crippen LogP contribution in [0.4, 0.5) is 0 Å². The fraction of sp³-hybridized carbons (Fsp3) is 0.238. The molecule has 0 fully saturated rings. The van der Waals surface area contributed by atoms with Crippen molar-refractivity contribution in [2.24, 2.45) is 0 Å². The lowest BCUT2D eigenvalue weighted by atomic mass is 10.1. The second kappa shape index (κ2) is 7.44. The van der Waals surface area contributed by atoms with Crippen molar-refractivity contribution in [2.75, 3.05) is 6.61 Å². The monoisotopic (exact) mass is 350 g/mol. The standard InChI is InChI=1S/C21H22N2O3/c1-5-25-15(4)16-10-11-20(26-14(2)3)19(12-16)23-13-22-18-9-7-6-8-17(18)21(23)24/h6-14H,4-5H2,1-3H3. The molecule has 5 heteroatoms. The molecule has 0 aliphatic rings. The van der Waals surface area contributed by atoms with Gasteiger partial charge in [0.15, 0.2) is 0 Å². The van der Waals surface area contributed by atoms with Gasteiger partial charge in [0.2, 0.25) is 0 Å². The predicted octanol–water partition coefficient (Wildman–Crippen LogP) is 4.18. The molecular formula is C21H22N2O3. The summed E-state index contributed by atoms with van der Waals surface area (Å²) in [5.41, 5.74) is 1.91. The number of fused-ring (bicyclic) bond motifs is 1. The molecule has 0 bridgehead atoms. The lowest BCUT2D eigenvalue weighted by Crippen LogP contribution is -2.20. The van der Waals surface area contributed by atoms with Gasteiger partial charge in [0.1, 0.15) is 17.8 Å². The van der Waals surface area contributed by atoms with Crippen molar-refractivity contribution in [1.29, 1.82) is 0 Å². The first-order valence-electron chi connectivity index (χ1n) is 8.60. The van der Waals surface area contributed by atoms with Crippen LogP contribution in [0.25, 0.3) is 22.3 Å². The second-order valence-corrected chi connectivity index (χ2v) is 6.14. The highest BCUT2D eigenvalue weighted by Gasteiger charge is 2.14. The molecule has 1 heterocycles. The minimum atomic E-state index is -0.150. The summed E-state index contributed by atoms with van der Waals surface area (Å²) in [4.78, 5) is 17.4. The van der Waals surface area contributed by atoms with Crippen molar-refractivity contribution < 1.29 is 9.47 Å². The largest absolute Gasteiger partial charge is 0.494 e. The average molecular weight is 350 g/mol. The number of benzene rings is 2. The molecule has 2 aromatic carbocycles. The third kappa shape index (κ3) is 3.47. The first-order chi connectivity index (χ1) is 12.5. The molecule has 0 amide bonds. The van der Waals surface area contributed by atoms with Crippen LogP contribution in [-0.4, -0.2) is 22.3 Å². The van der Waals surface area contributed by atoms with Gasteiger partial charge in [-0.05, 0) is 51.1 Å². The summed E-state index contributed by atoms with van der Waals surface area (Å²) in [6.07, 6.45) is 1.50. The van der Waals surface area contributed by atoms with Crippen LogP contribution in [0.1, 0.15) is 26.3 Å². The van der Waals surface area contributed by atoms with Gasteiger partial charge in [0, 0.05) is 5.56 Å². The molecule has 0 N–H and O–H groups in total. The number of hydrogen-bond donors (Lipinski definition) is 0. The lowest BCUT2D eigenvalue weighted by molar-refractivity contribution is 0.241. The fourth-order valence-corrected chi connectivity index (χ4v) is 2.73. The Labute approximate surface area is 152 Å². The molecular weight excluding hydrogens is 328 g/mol. The Hall–Kier alpha value is -3.08. The Morgan fingerprint density at radius 2 is 2.00 bits per heavy atom. The first-order valence-corrected chi connectivity index (χ1v) is 8.60. The van der Waals surface area contributed by atoms with Crippen molar-refractivity contribution >= 4 is 16.7 Å². The number of rotatable bonds is 6. The Kier molecular flexibility index (Phi) is 5.07. The van der Waals surface area contributed by atoms with Crippen LogP contribution in [-0.2, 0) is 4.74 Å². The summed E-state index contributed by atoms with van der Waals surface area (Å²) < 4.78 is 12.9. The Bertz CT molecular complexity index is 1010. The van der Waals surface area contributed by atoms with Gasteiger partial charge < -0.3 is 9.47 Å². The van der Waals surface area contributed by atoms with Gasteiger partial charge >= 0.3 is 0 Å². The number of para-hydroxylation sites is 1. The number of ether oxygens (including phenoxy) is 2. The van der Waals surface area contributed by atoms with E-state index in [1.807, 2.05) is 57.2 Å². The van der Waals surface area contributed by atoms with Crippen LogP contribution in [0.15, 0.2) is 60.2 Å². The molecule has 26 heavy (non-hydrogen) atoms.